The van der Waals surface area contributed by atoms with E-state index in [9.17, 15) is 9.59 Å². The van der Waals surface area contributed by atoms with Crippen LogP contribution in [0.4, 0.5) is 0 Å². The van der Waals surface area contributed by atoms with E-state index in [2.05, 4.69) is 172 Å². The second-order valence-electron chi connectivity index (χ2n) is 25.8. The number of para-hydroxylation sites is 6. The maximum atomic E-state index is 10.0. The van der Waals surface area contributed by atoms with Crippen molar-refractivity contribution in [1.82, 2.24) is 39.0 Å². The Morgan fingerprint density at radius 2 is 0.633 bits per heavy atom. The molecule has 0 aliphatic carbocycles. The van der Waals surface area contributed by atoms with Crippen LogP contribution < -0.4 is 4.57 Å². The fourth-order valence-electron chi connectivity index (χ4n) is 12.1. The van der Waals surface area contributed by atoms with Gasteiger partial charge in [-0.2, -0.15) is 4.57 Å². The quantitative estimate of drug-likeness (QED) is 0.0582. The van der Waals surface area contributed by atoms with Gasteiger partial charge < -0.3 is 39.7 Å². The van der Waals surface area contributed by atoms with E-state index >= 15 is 0 Å². The molecule has 0 fully saturated rings. The minimum Gasteiger partial charge on any atom is -0.512 e. The number of carbonyl (C=O) groups is 2. The van der Waals surface area contributed by atoms with Crippen molar-refractivity contribution in [3.8, 4) is 90.4 Å². The number of imidazole rings is 2. The fourth-order valence-corrected chi connectivity index (χ4v) is 12.1. The van der Waals surface area contributed by atoms with Gasteiger partial charge in [0, 0.05) is 94.6 Å². The zero-order chi connectivity index (χ0) is 81.4. The SMILES string of the molecule is CC(=O)C=C(C)O.CC(=O)C=C(C)O.[Ir+3].[Ir].[Ir].[c-]1ccccc1-c1ccccn1.[c-]1ccccc1-c1ccccn1.[c-]1ccccc1-c1ccccn1.[c-]1ccccc1-c1ccccn1.[c-]1ccccc1-c1ccccn1.[c-]1ccccc1-c1nc2ccccc2n1-c1ccccc1.c1ccc(-n2c3[n+](c4ccccc42)Cc2ccccc2-3)cc1. The van der Waals surface area contributed by atoms with Gasteiger partial charge in [-0.25, -0.2) is 4.57 Å². The van der Waals surface area contributed by atoms with E-state index in [1.807, 2.05) is 273 Å². The van der Waals surface area contributed by atoms with Crippen LogP contribution in [0.3, 0.4) is 0 Å². The molecule has 0 spiro atoms. The number of hydrogen-bond donors (Lipinski definition) is 2. The third-order valence-corrected chi connectivity index (χ3v) is 17.1. The van der Waals surface area contributed by atoms with E-state index in [4.69, 9.17) is 15.2 Å². The van der Waals surface area contributed by atoms with Gasteiger partial charge in [-0.15, -0.1) is 215 Å². The van der Waals surface area contributed by atoms with Crippen molar-refractivity contribution in [1.29, 1.82) is 0 Å². The number of aromatic nitrogens is 9. The van der Waals surface area contributed by atoms with Crippen LogP contribution in [0.5, 0.6) is 0 Å². The molecule has 0 unspecified atom stereocenters. The predicted molar refractivity (Wildman–Crippen MR) is 470 cm³/mol. The molecular weight excluding hydrogens is 2020 g/mol. The van der Waals surface area contributed by atoms with E-state index in [1.54, 1.807) is 31.0 Å². The number of rotatable bonds is 10. The van der Waals surface area contributed by atoms with Gasteiger partial charge >= 0.3 is 20.1 Å². The predicted octanol–water partition coefficient (Wildman–Crippen LogP) is 23.3. The summed E-state index contributed by atoms with van der Waals surface area (Å²) in [5.41, 5.74) is 20.8. The van der Waals surface area contributed by atoms with Gasteiger partial charge in [-0.05, 0) is 141 Å². The molecule has 18 aromatic rings. The first-order chi connectivity index (χ1) is 57.4. The average Bonchev–Trinajstić information content (AvgIpc) is 1.57. The second kappa shape index (κ2) is 50.2. The number of nitrogens with zero attached hydrogens (tertiary/aromatic N) is 9. The Labute approximate surface area is 742 Å². The summed E-state index contributed by atoms with van der Waals surface area (Å²) in [5.74, 6) is 2.08. The number of allylic oxidation sites excluding steroid dienone is 4. The molecule has 2 N–H and O–H groups in total. The number of carbonyl (C=O) groups excluding carboxylic acids is 2. The molecule has 0 bridgehead atoms. The van der Waals surface area contributed by atoms with Crippen LogP contribution in [0, 0.1) is 36.4 Å². The topological polar surface area (TPSA) is 166 Å². The molecule has 0 atom stereocenters. The number of hydrogen-bond acceptors (Lipinski definition) is 10. The van der Waals surface area contributed by atoms with Crippen molar-refractivity contribution in [3.05, 3.63) is 467 Å². The van der Waals surface area contributed by atoms with Crippen molar-refractivity contribution in [2.24, 2.45) is 0 Å². The standard InChI is InChI=1S/C20H15N2.C19H13N2.5C11H8N.2C5H8O2.3Ir/c1-2-9-16(10-3-1)22-19-13-7-6-12-18(19)21-14-15-8-4-5-11-17(15)20(21)22;1-3-9-15(10-4-1)19-20-17-13-7-8-14-18(17)21(19)16-11-5-2-6-12-16;5*1-2-6-10(7-3-1)11-8-4-5-9-12-11;2*1-4(6)3-5(2)7;;;/h1-13H,14H2;1-9,11-14H;5*1-6,8-9H;2*3,6H,1-2H3;;;/q+1;6*-1;;;;;+3. The van der Waals surface area contributed by atoms with Crippen LogP contribution in [-0.2, 0) is 76.4 Å². The minimum absolute atomic E-state index is 0. The first kappa shape index (κ1) is 92.0. The molecule has 7 aromatic heterocycles. The smallest absolute Gasteiger partial charge is 0.512 e. The largest absolute Gasteiger partial charge is 3.00 e. The van der Waals surface area contributed by atoms with Crippen molar-refractivity contribution in [2.75, 3.05) is 0 Å². The normalized spacial score (nSPS) is 10.3. The molecule has 1 aliphatic rings. The molecule has 0 amide bonds. The van der Waals surface area contributed by atoms with Crippen LogP contribution in [0.25, 0.3) is 113 Å². The number of ketones is 2. The fraction of sp³-hybridized carbons (Fsp3) is 0.0481. The summed E-state index contributed by atoms with van der Waals surface area (Å²) in [5, 5.41) is 16.7. The Bertz CT molecular complexity index is 5380. The number of aliphatic hydroxyl groups is 2. The Morgan fingerprint density at radius 1 is 0.333 bits per heavy atom. The summed E-state index contributed by atoms with van der Waals surface area (Å²) in [6.45, 7) is 6.65. The van der Waals surface area contributed by atoms with E-state index in [0.29, 0.717) is 0 Å². The second-order valence-corrected chi connectivity index (χ2v) is 25.8. The average molecular weight is 2100 g/mol. The Morgan fingerprint density at radius 3 is 0.958 bits per heavy atom. The minimum atomic E-state index is -0.125. The van der Waals surface area contributed by atoms with Crippen molar-refractivity contribution in [3.63, 3.8) is 0 Å². The summed E-state index contributed by atoms with van der Waals surface area (Å²) in [6.07, 6.45) is 11.3. The molecule has 13 nitrogen and oxygen atoms in total. The number of benzene rings is 11. The van der Waals surface area contributed by atoms with Gasteiger partial charge in [-0.3, -0.25) is 14.6 Å². The Kier molecular flexibility index (Phi) is 38.5. The molecule has 1 aliphatic heterocycles. The number of pyridine rings is 5. The number of aliphatic hydroxyl groups excluding tert-OH is 2. The van der Waals surface area contributed by atoms with E-state index in [1.165, 1.54) is 73.5 Å². The van der Waals surface area contributed by atoms with Crippen LogP contribution in [0.2, 0.25) is 0 Å². The summed E-state index contributed by atoms with van der Waals surface area (Å²) >= 11 is 0. The van der Waals surface area contributed by atoms with Crippen LogP contribution in [0.15, 0.2) is 425 Å². The zero-order valence-electron chi connectivity index (χ0n) is 66.2. The molecule has 16 heteroatoms. The summed E-state index contributed by atoms with van der Waals surface area (Å²) < 4.78 is 6.98. The third-order valence-electron chi connectivity index (χ3n) is 17.1. The molecule has 19 rings (SSSR count). The molecule has 11 aromatic carbocycles. The van der Waals surface area contributed by atoms with E-state index in [-0.39, 0.29) is 83.4 Å². The van der Waals surface area contributed by atoms with Crippen molar-refractivity contribution < 1.29 is 84.7 Å². The molecule has 2 radical (unpaired) electrons. The monoisotopic (exact) mass is 2100 g/mol. The van der Waals surface area contributed by atoms with E-state index in [0.717, 1.165) is 90.9 Å². The van der Waals surface area contributed by atoms with Crippen molar-refractivity contribution in [2.45, 2.75) is 34.2 Å². The molecule has 8 heterocycles. The number of fused-ring (bicyclic) bond motifs is 6. The Balaban J connectivity index is 0.000000172. The maximum absolute atomic E-state index is 10.0. The molecule has 0 saturated heterocycles. The van der Waals surface area contributed by atoms with Gasteiger partial charge in [0.05, 0.1) is 33.9 Å². The summed E-state index contributed by atoms with van der Waals surface area (Å²) in [4.78, 5) is 45.9. The van der Waals surface area contributed by atoms with Gasteiger partial charge in [0.2, 0.25) is 0 Å². The molecular formula is C104H84Ir3N9O4-2. The van der Waals surface area contributed by atoms with Gasteiger partial charge in [0.25, 0.3) is 5.82 Å². The summed E-state index contributed by atoms with van der Waals surface area (Å²) in [7, 11) is 0. The van der Waals surface area contributed by atoms with Gasteiger partial charge in [0.15, 0.2) is 22.6 Å². The van der Waals surface area contributed by atoms with E-state index < -0.39 is 0 Å². The molecule has 598 valence electrons. The van der Waals surface area contributed by atoms with Crippen LogP contribution in [-0.4, -0.2) is 60.8 Å². The first-order valence-corrected chi connectivity index (χ1v) is 37.8. The van der Waals surface area contributed by atoms with Gasteiger partial charge in [0.1, 0.15) is 12.2 Å². The van der Waals surface area contributed by atoms with Crippen LogP contribution >= 0.6 is 0 Å². The van der Waals surface area contributed by atoms with Crippen LogP contribution in [0.1, 0.15) is 33.3 Å². The van der Waals surface area contributed by atoms with Crippen molar-refractivity contribution >= 4 is 33.6 Å². The molecule has 120 heavy (non-hydrogen) atoms. The molecule has 0 saturated carbocycles. The zero-order valence-corrected chi connectivity index (χ0v) is 73.4. The first-order valence-electron chi connectivity index (χ1n) is 37.8. The maximum Gasteiger partial charge on any atom is 3.00 e. The summed E-state index contributed by atoms with van der Waals surface area (Å²) in [6, 6.07) is 142. The third kappa shape index (κ3) is 28.1. The Hall–Kier alpha value is -13.5. The van der Waals surface area contributed by atoms with Gasteiger partial charge in [-0.1, -0.05) is 140 Å².